The van der Waals surface area contributed by atoms with Crippen molar-refractivity contribution >= 4 is 22.9 Å². The van der Waals surface area contributed by atoms with Gasteiger partial charge < -0.3 is 14.8 Å². The van der Waals surface area contributed by atoms with Gasteiger partial charge >= 0.3 is 5.69 Å². The number of amides is 1. The minimum Gasteiger partial charge on any atom is -0.490 e. The fourth-order valence-electron chi connectivity index (χ4n) is 2.92. The number of hydrogen-bond donors (Lipinski definition) is 1. The predicted molar refractivity (Wildman–Crippen MR) is 115 cm³/mol. The summed E-state index contributed by atoms with van der Waals surface area (Å²) < 4.78 is 12.4. The molecule has 164 valence electrons. The van der Waals surface area contributed by atoms with Crippen molar-refractivity contribution in [3.05, 3.63) is 51.7 Å². The molecule has 3 aromatic rings. The molecule has 31 heavy (non-hydrogen) atoms. The summed E-state index contributed by atoms with van der Waals surface area (Å²) in [5.74, 6) is 1.07. The summed E-state index contributed by atoms with van der Waals surface area (Å²) in [6, 6.07) is 5.68. The third-order valence-corrected chi connectivity index (χ3v) is 5.00. The molecule has 0 aliphatic carbocycles. The summed E-state index contributed by atoms with van der Waals surface area (Å²) in [6.07, 6.45) is 3.40. The molecule has 11 heteroatoms. The highest BCUT2D eigenvalue weighted by atomic mass is 32.1. The van der Waals surface area contributed by atoms with Crippen molar-refractivity contribution in [2.75, 3.05) is 19.8 Å². The maximum absolute atomic E-state index is 12.3. The van der Waals surface area contributed by atoms with Crippen LogP contribution >= 0.6 is 11.3 Å². The predicted octanol–water partition coefficient (Wildman–Crippen LogP) is 3.07. The van der Waals surface area contributed by atoms with Crippen molar-refractivity contribution in [1.29, 1.82) is 0 Å². The van der Waals surface area contributed by atoms with Gasteiger partial charge in [-0.2, -0.15) is 5.10 Å². The first kappa shape index (κ1) is 22.2. The number of carbonyl (C=O) groups excluding carboxylic acids is 1. The van der Waals surface area contributed by atoms with Gasteiger partial charge in [0.2, 0.25) is 5.91 Å². The summed E-state index contributed by atoms with van der Waals surface area (Å²) in [7, 11) is 0. The van der Waals surface area contributed by atoms with E-state index in [9.17, 15) is 14.9 Å². The van der Waals surface area contributed by atoms with Gasteiger partial charge in [-0.25, -0.2) is 4.98 Å². The summed E-state index contributed by atoms with van der Waals surface area (Å²) in [4.78, 5) is 27.1. The number of nitro groups is 1. The molecule has 10 nitrogen and oxygen atoms in total. The van der Waals surface area contributed by atoms with Crippen LogP contribution in [0.15, 0.2) is 36.0 Å². The summed E-state index contributed by atoms with van der Waals surface area (Å²) in [5.41, 5.74) is 0.971. The standard InChI is InChI=1S/C20H23N5O5S/c1-3-29-16-6-5-14(11-17(16)30-4-2)7-8-21-18(26)13-24-12-15(25(27)28)19(23-24)20-22-9-10-31-20/h5-6,9-12H,3-4,7-8,13H2,1-2H3,(H,21,26). The van der Waals surface area contributed by atoms with E-state index in [1.807, 2.05) is 32.0 Å². The maximum atomic E-state index is 12.3. The van der Waals surface area contributed by atoms with Gasteiger partial charge in [0.15, 0.2) is 22.2 Å². The molecule has 0 aliphatic rings. The molecule has 1 amide bonds. The lowest BCUT2D eigenvalue weighted by Gasteiger charge is -2.12. The molecule has 2 aromatic heterocycles. The molecular weight excluding hydrogens is 422 g/mol. The van der Waals surface area contributed by atoms with Crippen molar-refractivity contribution in [3.63, 3.8) is 0 Å². The Morgan fingerprint density at radius 1 is 1.26 bits per heavy atom. The second-order valence-electron chi connectivity index (χ2n) is 6.40. The quantitative estimate of drug-likeness (QED) is 0.355. The maximum Gasteiger partial charge on any atom is 0.317 e. The van der Waals surface area contributed by atoms with Crippen LogP contribution in [-0.4, -0.2) is 45.4 Å². The monoisotopic (exact) mass is 445 g/mol. The van der Waals surface area contributed by atoms with Crippen molar-refractivity contribution in [3.8, 4) is 22.2 Å². The molecule has 0 spiro atoms. The number of rotatable bonds is 11. The Morgan fingerprint density at radius 2 is 2.03 bits per heavy atom. The van der Waals surface area contributed by atoms with Crippen LogP contribution in [0.25, 0.3) is 10.7 Å². The Hall–Kier alpha value is -3.47. The smallest absolute Gasteiger partial charge is 0.317 e. The number of aromatic nitrogens is 3. The number of hydrogen-bond acceptors (Lipinski definition) is 8. The number of nitrogens with zero attached hydrogens (tertiary/aromatic N) is 4. The topological polar surface area (TPSA) is 121 Å². The highest BCUT2D eigenvalue weighted by molar-refractivity contribution is 7.13. The van der Waals surface area contributed by atoms with E-state index < -0.39 is 4.92 Å². The van der Waals surface area contributed by atoms with E-state index in [-0.39, 0.29) is 23.8 Å². The van der Waals surface area contributed by atoms with Crippen molar-refractivity contribution < 1.29 is 19.2 Å². The van der Waals surface area contributed by atoms with E-state index in [0.29, 0.717) is 42.7 Å². The molecule has 0 radical (unpaired) electrons. The highest BCUT2D eigenvalue weighted by Gasteiger charge is 2.23. The summed E-state index contributed by atoms with van der Waals surface area (Å²) in [5, 5.41) is 20.4. The summed E-state index contributed by atoms with van der Waals surface area (Å²) in [6.45, 7) is 5.17. The average molecular weight is 446 g/mol. The molecule has 0 bridgehead atoms. The molecule has 3 rings (SSSR count). The van der Waals surface area contributed by atoms with Crippen LogP contribution in [0.2, 0.25) is 0 Å². The van der Waals surface area contributed by atoms with Gasteiger partial charge in [-0.15, -0.1) is 11.3 Å². The van der Waals surface area contributed by atoms with Crippen LogP contribution in [0, 0.1) is 10.1 Å². The van der Waals surface area contributed by atoms with Gasteiger partial charge in [0.1, 0.15) is 12.7 Å². The van der Waals surface area contributed by atoms with Crippen LogP contribution in [-0.2, 0) is 17.8 Å². The molecule has 0 atom stereocenters. The van der Waals surface area contributed by atoms with Crippen molar-refractivity contribution in [1.82, 2.24) is 20.1 Å². The first-order chi connectivity index (χ1) is 15.0. The second kappa shape index (κ2) is 10.5. The van der Waals surface area contributed by atoms with Gasteiger partial charge in [-0.3, -0.25) is 19.6 Å². The average Bonchev–Trinajstić information content (AvgIpc) is 3.40. The first-order valence-electron chi connectivity index (χ1n) is 9.78. The fraction of sp³-hybridized carbons (Fsp3) is 0.350. The Bertz CT molecular complexity index is 1030. The zero-order valence-corrected chi connectivity index (χ0v) is 18.1. The van der Waals surface area contributed by atoms with Crippen LogP contribution in [0.3, 0.4) is 0 Å². The molecule has 0 aliphatic heterocycles. The number of carbonyl (C=O) groups is 1. The van der Waals surface area contributed by atoms with E-state index in [1.54, 1.807) is 11.6 Å². The van der Waals surface area contributed by atoms with Gasteiger partial charge in [0.05, 0.1) is 18.1 Å². The molecule has 0 fully saturated rings. The van der Waals surface area contributed by atoms with Crippen LogP contribution in [0.1, 0.15) is 19.4 Å². The Labute approximate surface area is 183 Å². The number of ether oxygens (including phenoxy) is 2. The lowest BCUT2D eigenvalue weighted by atomic mass is 10.1. The van der Waals surface area contributed by atoms with Gasteiger partial charge in [-0.05, 0) is 38.0 Å². The lowest BCUT2D eigenvalue weighted by molar-refractivity contribution is -0.384. The summed E-state index contributed by atoms with van der Waals surface area (Å²) >= 11 is 1.25. The number of nitrogens with one attached hydrogen (secondary N) is 1. The Balaban J connectivity index is 1.58. The first-order valence-corrected chi connectivity index (χ1v) is 10.7. The zero-order valence-electron chi connectivity index (χ0n) is 17.2. The van der Waals surface area contributed by atoms with Crippen LogP contribution in [0.5, 0.6) is 11.5 Å². The molecule has 2 heterocycles. The van der Waals surface area contributed by atoms with Crippen molar-refractivity contribution in [2.24, 2.45) is 0 Å². The van der Waals surface area contributed by atoms with Crippen LogP contribution < -0.4 is 14.8 Å². The molecule has 0 unspecified atom stereocenters. The molecule has 1 N–H and O–H groups in total. The molecular formula is C20H23N5O5S. The van der Waals surface area contributed by atoms with Crippen molar-refractivity contribution in [2.45, 2.75) is 26.8 Å². The van der Waals surface area contributed by atoms with E-state index in [1.165, 1.54) is 22.2 Å². The third-order valence-electron chi connectivity index (χ3n) is 4.22. The second-order valence-corrected chi connectivity index (χ2v) is 7.30. The van der Waals surface area contributed by atoms with Gasteiger partial charge in [0.25, 0.3) is 0 Å². The number of benzene rings is 1. The van der Waals surface area contributed by atoms with Gasteiger partial charge in [0, 0.05) is 18.1 Å². The fourth-order valence-corrected chi connectivity index (χ4v) is 3.55. The van der Waals surface area contributed by atoms with E-state index in [2.05, 4.69) is 15.4 Å². The SMILES string of the molecule is CCOc1ccc(CCNC(=O)Cn2cc([N+](=O)[O-])c(-c3nccs3)n2)cc1OCC. The van der Waals surface area contributed by atoms with E-state index >= 15 is 0 Å². The zero-order chi connectivity index (χ0) is 22.2. The normalized spacial score (nSPS) is 10.6. The minimum atomic E-state index is -0.528. The molecule has 0 saturated carbocycles. The number of thiazole rings is 1. The Kier molecular flexibility index (Phi) is 7.55. The minimum absolute atomic E-state index is 0.125. The van der Waals surface area contributed by atoms with Crippen LogP contribution in [0.4, 0.5) is 5.69 Å². The molecule has 1 aromatic carbocycles. The molecule has 0 saturated heterocycles. The highest BCUT2D eigenvalue weighted by Crippen LogP contribution is 2.30. The van der Waals surface area contributed by atoms with E-state index in [0.717, 1.165) is 5.56 Å². The third kappa shape index (κ3) is 5.79. The van der Waals surface area contributed by atoms with Gasteiger partial charge in [-0.1, -0.05) is 6.07 Å². The Morgan fingerprint density at radius 3 is 2.71 bits per heavy atom. The lowest BCUT2D eigenvalue weighted by Crippen LogP contribution is -2.29. The van der Waals surface area contributed by atoms with E-state index in [4.69, 9.17) is 9.47 Å². The largest absolute Gasteiger partial charge is 0.490 e.